The van der Waals surface area contributed by atoms with Crippen molar-refractivity contribution >= 4 is 17.6 Å². The molecule has 3 aromatic rings. The van der Waals surface area contributed by atoms with E-state index in [-0.39, 0.29) is 6.04 Å². The smallest absolute Gasteiger partial charge is 0.1000 e. The summed E-state index contributed by atoms with van der Waals surface area (Å²) in [5.74, 6) is 0. The summed E-state index contributed by atoms with van der Waals surface area (Å²) in [6.45, 7) is 0. The molecule has 1 nitrogen and oxygen atoms in total. The predicted molar refractivity (Wildman–Crippen MR) is 86.6 cm³/mol. The van der Waals surface area contributed by atoms with Crippen LogP contribution in [0.2, 0.25) is 0 Å². The lowest BCUT2D eigenvalue weighted by Crippen LogP contribution is -1.98. The quantitative estimate of drug-likeness (QED) is 0.598. The minimum atomic E-state index is 0.0551. The first-order valence-corrected chi connectivity index (χ1v) is 7.48. The lowest BCUT2D eigenvalue weighted by Gasteiger charge is -2.13. The van der Waals surface area contributed by atoms with Gasteiger partial charge in [-0.25, -0.2) is 0 Å². The first-order valence-electron chi connectivity index (χ1n) is 6.60. The lowest BCUT2D eigenvalue weighted by molar-refractivity contribution is 0.879. The average molecular weight is 277 g/mol. The number of hydrogen-bond acceptors (Lipinski definition) is 2. The van der Waals surface area contributed by atoms with E-state index in [4.69, 9.17) is 4.99 Å². The molecule has 0 saturated carbocycles. The first kappa shape index (κ1) is 12.8. The maximum Gasteiger partial charge on any atom is 0.1000 e. The third kappa shape index (κ3) is 3.03. The van der Waals surface area contributed by atoms with Gasteiger partial charge in [-0.05, 0) is 22.6 Å². The van der Waals surface area contributed by atoms with Crippen LogP contribution in [0.4, 0.5) is 0 Å². The lowest BCUT2D eigenvalue weighted by atomic mass is 9.99. The van der Waals surface area contributed by atoms with Crippen LogP contribution in [0, 0.1) is 0 Å². The molecule has 3 rings (SSSR count). The number of hydrogen-bond donors (Lipinski definition) is 0. The number of benzene rings is 2. The standard InChI is InChI=1S/C18H15NS/c1-3-8-15(9-4-1)18(16-10-5-2-6-11-16)19-14-17-12-7-13-20-17/h1-14,18H/b19-14+. The topological polar surface area (TPSA) is 12.4 Å². The normalized spacial score (nSPS) is 11.2. The van der Waals surface area contributed by atoms with Crippen molar-refractivity contribution in [2.75, 3.05) is 0 Å². The highest BCUT2D eigenvalue weighted by Gasteiger charge is 2.11. The van der Waals surface area contributed by atoms with Crippen molar-refractivity contribution in [1.29, 1.82) is 0 Å². The molecule has 0 radical (unpaired) electrons. The molecule has 0 bridgehead atoms. The van der Waals surface area contributed by atoms with E-state index < -0.39 is 0 Å². The Hall–Kier alpha value is -2.19. The molecular weight excluding hydrogens is 262 g/mol. The Balaban J connectivity index is 1.96. The Morgan fingerprint density at radius 3 is 1.85 bits per heavy atom. The van der Waals surface area contributed by atoms with Gasteiger partial charge in [-0.2, -0.15) is 0 Å². The van der Waals surface area contributed by atoms with E-state index in [0.29, 0.717) is 0 Å². The fourth-order valence-corrected chi connectivity index (χ4v) is 2.74. The van der Waals surface area contributed by atoms with Gasteiger partial charge in [-0.15, -0.1) is 11.3 Å². The molecule has 0 aliphatic heterocycles. The summed E-state index contributed by atoms with van der Waals surface area (Å²) in [6, 6.07) is 25.0. The van der Waals surface area contributed by atoms with Crippen LogP contribution < -0.4 is 0 Å². The summed E-state index contributed by atoms with van der Waals surface area (Å²) in [5.41, 5.74) is 2.43. The molecule has 0 amide bonds. The van der Waals surface area contributed by atoms with Crippen molar-refractivity contribution < 1.29 is 0 Å². The zero-order valence-corrected chi connectivity index (χ0v) is 11.8. The van der Waals surface area contributed by atoms with Crippen molar-refractivity contribution in [3.63, 3.8) is 0 Å². The first-order chi connectivity index (χ1) is 9.93. The molecule has 0 saturated heterocycles. The van der Waals surface area contributed by atoms with E-state index in [9.17, 15) is 0 Å². The van der Waals surface area contributed by atoms with Crippen molar-refractivity contribution in [2.45, 2.75) is 6.04 Å². The molecule has 20 heavy (non-hydrogen) atoms. The number of nitrogens with zero attached hydrogens (tertiary/aromatic N) is 1. The fourth-order valence-electron chi connectivity index (χ4n) is 2.15. The van der Waals surface area contributed by atoms with Crippen molar-refractivity contribution in [3.05, 3.63) is 94.2 Å². The molecule has 98 valence electrons. The SMILES string of the molecule is C(=N\C(c1ccccc1)c1ccccc1)/c1cccs1. The molecule has 1 heterocycles. The molecule has 0 unspecified atom stereocenters. The second kappa shape index (κ2) is 6.31. The zero-order chi connectivity index (χ0) is 13.6. The highest BCUT2D eigenvalue weighted by atomic mass is 32.1. The number of thiophene rings is 1. The van der Waals surface area contributed by atoms with Gasteiger partial charge >= 0.3 is 0 Å². The molecule has 0 fully saturated rings. The van der Waals surface area contributed by atoms with Crippen LogP contribution in [0.1, 0.15) is 22.0 Å². The molecule has 0 aliphatic rings. The Kier molecular flexibility index (Phi) is 4.04. The van der Waals surface area contributed by atoms with Crippen molar-refractivity contribution in [3.8, 4) is 0 Å². The van der Waals surface area contributed by atoms with E-state index in [0.717, 1.165) is 0 Å². The van der Waals surface area contributed by atoms with E-state index in [1.807, 2.05) is 24.4 Å². The minimum Gasteiger partial charge on any atom is -0.279 e. The van der Waals surface area contributed by atoms with Crippen molar-refractivity contribution in [1.82, 2.24) is 0 Å². The number of aliphatic imine (C=N–C) groups is 1. The van der Waals surface area contributed by atoms with Gasteiger partial charge in [0.05, 0.1) is 6.04 Å². The summed E-state index contributed by atoms with van der Waals surface area (Å²) in [6.07, 6.45) is 1.97. The fraction of sp³-hybridized carbons (Fsp3) is 0.0556. The Bertz CT molecular complexity index is 618. The van der Waals surface area contributed by atoms with Crippen LogP contribution in [0.5, 0.6) is 0 Å². The zero-order valence-electron chi connectivity index (χ0n) is 11.0. The summed E-state index contributed by atoms with van der Waals surface area (Å²) in [4.78, 5) is 5.97. The summed E-state index contributed by atoms with van der Waals surface area (Å²) < 4.78 is 0. The second-order valence-corrected chi connectivity index (χ2v) is 5.50. The minimum absolute atomic E-state index is 0.0551. The Morgan fingerprint density at radius 2 is 1.35 bits per heavy atom. The van der Waals surface area contributed by atoms with Gasteiger partial charge in [0.2, 0.25) is 0 Å². The van der Waals surface area contributed by atoms with Gasteiger partial charge in [0, 0.05) is 11.1 Å². The third-order valence-electron chi connectivity index (χ3n) is 3.12. The van der Waals surface area contributed by atoms with E-state index >= 15 is 0 Å². The van der Waals surface area contributed by atoms with Crippen LogP contribution in [0.3, 0.4) is 0 Å². The Morgan fingerprint density at radius 1 is 0.750 bits per heavy atom. The summed E-state index contributed by atoms with van der Waals surface area (Å²) in [5, 5.41) is 2.07. The van der Waals surface area contributed by atoms with Gasteiger partial charge in [0.1, 0.15) is 0 Å². The molecule has 0 aliphatic carbocycles. The van der Waals surface area contributed by atoms with E-state index in [2.05, 4.69) is 60.0 Å². The van der Waals surface area contributed by atoms with Crippen LogP contribution in [0.25, 0.3) is 0 Å². The maximum absolute atomic E-state index is 4.79. The highest BCUT2D eigenvalue weighted by Crippen LogP contribution is 2.25. The highest BCUT2D eigenvalue weighted by molar-refractivity contribution is 7.11. The van der Waals surface area contributed by atoms with Crippen LogP contribution >= 0.6 is 11.3 Å². The average Bonchev–Trinajstić information content (AvgIpc) is 3.03. The van der Waals surface area contributed by atoms with Crippen LogP contribution in [-0.4, -0.2) is 6.21 Å². The third-order valence-corrected chi connectivity index (χ3v) is 3.93. The van der Waals surface area contributed by atoms with E-state index in [1.54, 1.807) is 11.3 Å². The molecule has 0 atom stereocenters. The molecular formula is C18H15NS. The van der Waals surface area contributed by atoms with Crippen LogP contribution in [-0.2, 0) is 0 Å². The van der Waals surface area contributed by atoms with Gasteiger partial charge in [0.25, 0.3) is 0 Å². The number of rotatable bonds is 4. The maximum atomic E-state index is 4.79. The van der Waals surface area contributed by atoms with Gasteiger partial charge in [-0.1, -0.05) is 66.7 Å². The molecule has 1 aromatic heterocycles. The molecule has 0 spiro atoms. The summed E-state index contributed by atoms with van der Waals surface area (Å²) >= 11 is 1.71. The summed E-state index contributed by atoms with van der Waals surface area (Å²) in [7, 11) is 0. The predicted octanol–water partition coefficient (Wildman–Crippen LogP) is 4.96. The molecule has 2 heteroatoms. The second-order valence-electron chi connectivity index (χ2n) is 4.52. The monoisotopic (exact) mass is 277 g/mol. The van der Waals surface area contributed by atoms with Crippen molar-refractivity contribution in [2.24, 2.45) is 4.99 Å². The van der Waals surface area contributed by atoms with Crippen LogP contribution in [0.15, 0.2) is 83.2 Å². The van der Waals surface area contributed by atoms with Gasteiger partial charge in [0.15, 0.2) is 0 Å². The largest absolute Gasteiger partial charge is 0.279 e. The molecule has 0 N–H and O–H groups in total. The molecule has 2 aromatic carbocycles. The Labute approximate surface area is 123 Å². The van der Waals surface area contributed by atoms with Gasteiger partial charge in [-0.3, -0.25) is 4.99 Å². The van der Waals surface area contributed by atoms with E-state index in [1.165, 1.54) is 16.0 Å². The van der Waals surface area contributed by atoms with Gasteiger partial charge < -0.3 is 0 Å².